The highest BCUT2D eigenvalue weighted by Gasteiger charge is 2.31. The second-order valence-corrected chi connectivity index (χ2v) is 3.65. The standard InChI is InChI=1S/C11H13NO4/c13-6-5-10-7-12(11(15)16-10)8-1-3-9(14)4-2-8/h1-4,10,13-14H,5-7H2. The van der Waals surface area contributed by atoms with Crippen LogP contribution in [-0.4, -0.2) is 35.6 Å². The van der Waals surface area contributed by atoms with Crippen LogP contribution < -0.4 is 4.90 Å². The number of hydrogen-bond acceptors (Lipinski definition) is 4. The molecule has 16 heavy (non-hydrogen) atoms. The first-order valence-electron chi connectivity index (χ1n) is 5.09. The quantitative estimate of drug-likeness (QED) is 0.805. The zero-order chi connectivity index (χ0) is 11.5. The van der Waals surface area contributed by atoms with Crippen molar-refractivity contribution in [1.82, 2.24) is 0 Å². The lowest BCUT2D eigenvalue weighted by Gasteiger charge is -2.12. The summed E-state index contributed by atoms with van der Waals surface area (Å²) in [5, 5.41) is 17.9. The van der Waals surface area contributed by atoms with Gasteiger partial charge in [0, 0.05) is 18.7 Å². The van der Waals surface area contributed by atoms with E-state index >= 15 is 0 Å². The van der Waals surface area contributed by atoms with Crippen molar-refractivity contribution in [3.63, 3.8) is 0 Å². The van der Waals surface area contributed by atoms with Crippen LogP contribution in [0.4, 0.5) is 10.5 Å². The van der Waals surface area contributed by atoms with Crippen molar-refractivity contribution < 1.29 is 19.7 Å². The molecule has 1 aromatic carbocycles. The number of hydrogen-bond donors (Lipinski definition) is 2. The molecule has 1 amide bonds. The number of benzene rings is 1. The first-order valence-corrected chi connectivity index (χ1v) is 5.09. The van der Waals surface area contributed by atoms with Gasteiger partial charge >= 0.3 is 6.09 Å². The number of anilines is 1. The van der Waals surface area contributed by atoms with Crippen molar-refractivity contribution in [2.75, 3.05) is 18.1 Å². The summed E-state index contributed by atoms with van der Waals surface area (Å²) in [5.41, 5.74) is 0.684. The fraction of sp³-hybridized carbons (Fsp3) is 0.364. The maximum atomic E-state index is 11.5. The van der Waals surface area contributed by atoms with Gasteiger partial charge in [-0.25, -0.2) is 4.79 Å². The Kier molecular flexibility index (Phi) is 2.96. The van der Waals surface area contributed by atoms with Gasteiger partial charge in [-0.15, -0.1) is 0 Å². The third-order valence-corrected chi connectivity index (χ3v) is 2.49. The maximum Gasteiger partial charge on any atom is 0.414 e. The summed E-state index contributed by atoms with van der Waals surface area (Å²) >= 11 is 0. The lowest BCUT2D eigenvalue weighted by molar-refractivity contribution is 0.122. The lowest BCUT2D eigenvalue weighted by Crippen LogP contribution is -2.24. The van der Waals surface area contributed by atoms with Crippen LogP contribution in [0, 0.1) is 0 Å². The molecule has 1 saturated heterocycles. The van der Waals surface area contributed by atoms with Gasteiger partial charge < -0.3 is 14.9 Å². The number of aromatic hydroxyl groups is 1. The largest absolute Gasteiger partial charge is 0.508 e. The number of phenolic OH excluding ortho intramolecular Hbond substituents is 1. The molecule has 1 aliphatic rings. The van der Waals surface area contributed by atoms with Crippen LogP contribution in [0.15, 0.2) is 24.3 Å². The molecule has 1 aromatic rings. The highest BCUT2D eigenvalue weighted by atomic mass is 16.6. The predicted octanol–water partition coefficient (Wildman–Crippen LogP) is 1.10. The average molecular weight is 223 g/mol. The SMILES string of the molecule is O=C1OC(CCO)CN1c1ccc(O)cc1. The number of rotatable bonds is 3. The van der Waals surface area contributed by atoms with Crippen LogP contribution in [-0.2, 0) is 4.74 Å². The number of ether oxygens (including phenoxy) is 1. The van der Waals surface area contributed by atoms with Crippen molar-refractivity contribution >= 4 is 11.8 Å². The molecule has 1 atom stereocenters. The molecule has 1 aliphatic heterocycles. The van der Waals surface area contributed by atoms with E-state index in [0.29, 0.717) is 18.7 Å². The van der Waals surface area contributed by atoms with Gasteiger partial charge in [0.15, 0.2) is 0 Å². The van der Waals surface area contributed by atoms with Crippen LogP contribution in [0.5, 0.6) is 5.75 Å². The topological polar surface area (TPSA) is 70.0 Å². The number of aliphatic hydroxyl groups excluding tert-OH is 1. The van der Waals surface area contributed by atoms with E-state index in [1.807, 2.05) is 0 Å². The zero-order valence-electron chi connectivity index (χ0n) is 8.67. The normalized spacial score (nSPS) is 19.9. The van der Waals surface area contributed by atoms with E-state index in [1.165, 1.54) is 17.0 Å². The van der Waals surface area contributed by atoms with Gasteiger partial charge in [-0.1, -0.05) is 0 Å². The van der Waals surface area contributed by atoms with Gasteiger partial charge in [0.2, 0.25) is 0 Å². The van der Waals surface area contributed by atoms with Crippen molar-refractivity contribution in [2.24, 2.45) is 0 Å². The minimum Gasteiger partial charge on any atom is -0.508 e. The fourth-order valence-electron chi connectivity index (χ4n) is 1.66. The highest BCUT2D eigenvalue weighted by molar-refractivity contribution is 5.89. The summed E-state index contributed by atoms with van der Waals surface area (Å²) in [6.45, 7) is 0.436. The van der Waals surface area contributed by atoms with Crippen LogP contribution in [0.1, 0.15) is 6.42 Å². The number of nitrogens with zero attached hydrogens (tertiary/aromatic N) is 1. The molecule has 1 fully saturated rings. The van der Waals surface area contributed by atoms with Gasteiger partial charge in [0.05, 0.1) is 6.54 Å². The number of phenols is 1. The van der Waals surface area contributed by atoms with Crippen LogP contribution >= 0.6 is 0 Å². The molecule has 0 bridgehead atoms. The van der Waals surface area contributed by atoms with Gasteiger partial charge in [-0.05, 0) is 24.3 Å². The van der Waals surface area contributed by atoms with E-state index in [0.717, 1.165) is 0 Å². The van der Waals surface area contributed by atoms with E-state index < -0.39 is 6.09 Å². The monoisotopic (exact) mass is 223 g/mol. The van der Waals surface area contributed by atoms with E-state index in [4.69, 9.17) is 14.9 Å². The summed E-state index contributed by atoms with van der Waals surface area (Å²) in [6.07, 6.45) is -0.226. The molecule has 0 aliphatic carbocycles. The summed E-state index contributed by atoms with van der Waals surface area (Å²) in [5.74, 6) is 0.156. The minimum atomic E-state index is -0.413. The number of carbonyl (C=O) groups is 1. The third-order valence-electron chi connectivity index (χ3n) is 2.49. The molecule has 0 aromatic heterocycles. The van der Waals surface area contributed by atoms with Crippen molar-refractivity contribution in [3.05, 3.63) is 24.3 Å². The molecule has 5 nitrogen and oxygen atoms in total. The van der Waals surface area contributed by atoms with Gasteiger partial charge in [-0.3, -0.25) is 4.90 Å². The number of amides is 1. The first-order chi connectivity index (χ1) is 7.70. The minimum absolute atomic E-state index is 0.00135. The molecule has 2 N–H and O–H groups in total. The summed E-state index contributed by atoms with van der Waals surface area (Å²) < 4.78 is 5.06. The number of cyclic esters (lactones) is 1. The molecular weight excluding hydrogens is 210 g/mol. The third kappa shape index (κ3) is 2.09. The molecule has 1 heterocycles. The Bertz CT molecular complexity index is 376. The summed E-state index contributed by atoms with van der Waals surface area (Å²) in [6, 6.07) is 6.33. The van der Waals surface area contributed by atoms with Crippen LogP contribution in [0.2, 0.25) is 0 Å². The molecule has 5 heteroatoms. The predicted molar refractivity (Wildman–Crippen MR) is 57.4 cm³/mol. The van der Waals surface area contributed by atoms with E-state index in [9.17, 15) is 4.79 Å². The Hall–Kier alpha value is -1.75. The average Bonchev–Trinajstić information content (AvgIpc) is 2.61. The van der Waals surface area contributed by atoms with E-state index in [-0.39, 0.29) is 18.5 Å². The molecule has 0 radical (unpaired) electrons. The molecule has 1 unspecified atom stereocenters. The maximum absolute atomic E-state index is 11.5. The smallest absolute Gasteiger partial charge is 0.414 e. The van der Waals surface area contributed by atoms with Crippen molar-refractivity contribution in [1.29, 1.82) is 0 Å². The fourth-order valence-corrected chi connectivity index (χ4v) is 1.66. The van der Waals surface area contributed by atoms with Crippen molar-refractivity contribution in [3.8, 4) is 5.75 Å². The first kappa shape index (κ1) is 10.8. The zero-order valence-corrected chi connectivity index (χ0v) is 8.67. The Morgan fingerprint density at radius 1 is 1.38 bits per heavy atom. The molecule has 86 valence electrons. The molecule has 0 saturated carbocycles. The van der Waals surface area contributed by atoms with Crippen LogP contribution in [0.3, 0.4) is 0 Å². The van der Waals surface area contributed by atoms with E-state index in [1.54, 1.807) is 12.1 Å². The molecular formula is C11H13NO4. The Morgan fingerprint density at radius 2 is 2.06 bits per heavy atom. The van der Waals surface area contributed by atoms with Crippen LogP contribution in [0.25, 0.3) is 0 Å². The highest BCUT2D eigenvalue weighted by Crippen LogP contribution is 2.24. The number of carbonyl (C=O) groups excluding carboxylic acids is 1. The van der Waals surface area contributed by atoms with Gasteiger partial charge in [0.1, 0.15) is 11.9 Å². The number of aliphatic hydroxyl groups is 1. The van der Waals surface area contributed by atoms with Crippen molar-refractivity contribution in [2.45, 2.75) is 12.5 Å². The lowest BCUT2D eigenvalue weighted by atomic mass is 10.2. The second-order valence-electron chi connectivity index (χ2n) is 3.65. The second kappa shape index (κ2) is 4.40. The Morgan fingerprint density at radius 3 is 2.69 bits per heavy atom. The van der Waals surface area contributed by atoms with E-state index in [2.05, 4.69) is 0 Å². The Balaban J connectivity index is 2.10. The Labute approximate surface area is 92.9 Å². The molecule has 2 rings (SSSR count). The summed E-state index contributed by atoms with van der Waals surface area (Å²) in [4.78, 5) is 13.0. The van der Waals surface area contributed by atoms with Gasteiger partial charge in [0.25, 0.3) is 0 Å². The van der Waals surface area contributed by atoms with Gasteiger partial charge in [-0.2, -0.15) is 0 Å². The summed E-state index contributed by atoms with van der Waals surface area (Å²) in [7, 11) is 0. The molecule has 0 spiro atoms.